The summed E-state index contributed by atoms with van der Waals surface area (Å²) in [5.74, 6) is -0.130. The molecule has 17 heavy (non-hydrogen) atoms. The van der Waals surface area contributed by atoms with Gasteiger partial charge in [0.15, 0.2) is 0 Å². The summed E-state index contributed by atoms with van der Waals surface area (Å²) >= 11 is 0. The first kappa shape index (κ1) is 12.5. The molecular formula is C14H20FNO. The number of benzene rings is 1. The molecule has 1 atom stereocenters. The molecule has 1 unspecified atom stereocenters. The highest BCUT2D eigenvalue weighted by atomic mass is 19.1. The molecule has 0 aromatic heterocycles. The highest BCUT2D eigenvalue weighted by Gasteiger charge is 2.33. The van der Waals surface area contributed by atoms with E-state index in [-0.39, 0.29) is 17.3 Å². The maximum absolute atomic E-state index is 13.4. The molecule has 1 heterocycles. The second-order valence-electron chi connectivity index (χ2n) is 5.41. The van der Waals surface area contributed by atoms with Crippen LogP contribution in [-0.4, -0.2) is 19.8 Å². The van der Waals surface area contributed by atoms with E-state index in [1.807, 2.05) is 12.1 Å². The van der Waals surface area contributed by atoms with Crippen LogP contribution < -0.4 is 5.32 Å². The number of hydrogen-bond acceptors (Lipinski definition) is 2. The summed E-state index contributed by atoms with van der Waals surface area (Å²) in [7, 11) is 0. The molecule has 1 N–H and O–H groups in total. The molecule has 0 radical (unpaired) electrons. The lowest BCUT2D eigenvalue weighted by molar-refractivity contribution is -0.0999. The van der Waals surface area contributed by atoms with E-state index in [9.17, 15) is 4.39 Å². The van der Waals surface area contributed by atoms with E-state index >= 15 is 0 Å². The van der Waals surface area contributed by atoms with Crippen LogP contribution in [0, 0.1) is 18.2 Å². The van der Waals surface area contributed by atoms with Crippen LogP contribution in [0.15, 0.2) is 18.2 Å². The zero-order valence-corrected chi connectivity index (χ0v) is 10.7. The zero-order chi connectivity index (χ0) is 12.5. The molecular weight excluding hydrogens is 217 g/mol. The van der Waals surface area contributed by atoms with Gasteiger partial charge in [0.2, 0.25) is 0 Å². The number of aryl methyl sites for hydroxylation is 1. The molecule has 1 aliphatic heterocycles. The van der Waals surface area contributed by atoms with Crippen molar-refractivity contribution in [2.45, 2.75) is 26.8 Å². The van der Waals surface area contributed by atoms with Gasteiger partial charge in [0.05, 0.1) is 13.2 Å². The molecule has 1 aromatic rings. The Balaban J connectivity index is 1.94. The van der Waals surface area contributed by atoms with Crippen LogP contribution >= 0.6 is 0 Å². The summed E-state index contributed by atoms with van der Waals surface area (Å²) in [6.07, 6.45) is 0. The van der Waals surface area contributed by atoms with Crippen LogP contribution in [0.3, 0.4) is 0 Å². The van der Waals surface area contributed by atoms with Gasteiger partial charge in [-0.15, -0.1) is 0 Å². The van der Waals surface area contributed by atoms with Crippen molar-refractivity contribution in [2.24, 2.45) is 5.41 Å². The average Bonchev–Trinajstić information content (AvgIpc) is 2.27. The van der Waals surface area contributed by atoms with Gasteiger partial charge in [-0.3, -0.25) is 0 Å². The van der Waals surface area contributed by atoms with E-state index in [2.05, 4.69) is 19.2 Å². The van der Waals surface area contributed by atoms with Gasteiger partial charge in [0, 0.05) is 18.0 Å². The van der Waals surface area contributed by atoms with Gasteiger partial charge < -0.3 is 10.1 Å². The van der Waals surface area contributed by atoms with Crippen LogP contribution in [0.5, 0.6) is 0 Å². The largest absolute Gasteiger partial charge is 0.380 e. The van der Waals surface area contributed by atoms with Crippen molar-refractivity contribution in [3.8, 4) is 0 Å². The minimum Gasteiger partial charge on any atom is -0.380 e. The van der Waals surface area contributed by atoms with Gasteiger partial charge in [-0.2, -0.15) is 0 Å². The van der Waals surface area contributed by atoms with Crippen molar-refractivity contribution in [3.05, 3.63) is 35.1 Å². The van der Waals surface area contributed by atoms with Crippen molar-refractivity contribution >= 4 is 0 Å². The van der Waals surface area contributed by atoms with E-state index < -0.39 is 0 Å². The molecule has 1 aromatic carbocycles. The predicted octanol–water partition coefficient (Wildman–Crippen LogP) is 2.82. The average molecular weight is 237 g/mol. The maximum Gasteiger partial charge on any atom is 0.126 e. The van der Waals surface area contributed by atoms with Gasteiger partial charge in [0.1, 0.15) is 5.82 Å². The monoisotopic (exact) mass is 237 g/mol. The smallest absolute Gasteiger partial charge is 0.126 e. The zero-order valence-electron chi connectivity index (χ0n) is 10.7. The van der Waals surface area contributed by atoms with Crippen molar-refractivity contribution in [1.29, 1.82) is 0 Å². The Kier molecular flexibility index (Phi) is 3.50. The van der Waals surface area contributed by atoms with Gasteiger partial charge >= 0.3 is 0 Å². The van der Waals surface area contributed by atoms with E-state index in [0.717, 1.165) is 25.3 Å². The highest BCUT2D eigenvalue weighted by molar-refractivity contribution is 5.25. The first-order valence-electron chi connectivity index (χ1n) is 6.07. The molecule has 0 saturated carbocycles. The lowest BCUT2D eigenvalue weighted by Gasteiger charge is -2.39. The fourth-order valence-electron chi connectivity index (χ4n) is 1.95. The molecule has 0 spiro atoms. The second-order valence-corrected chi connectivity index (χ2v) is 5.41. The Bertz CT molecular complexity index is 401. The van der Waals surface area contributed by atoms with Crippen LogP contribution in [-0.2, 0) is 4.74 Å². The molecule has 0 aliphatic carbocycles. The van der Waals surface area contributed by atoms with Crippen LogP contribution in [0.4, 0.5) is 4.39 Å². The van der Waals surface area contributed by atoms with Crippen LogP contribution in [0.1, 0.15) is 31.0 Å². The normalized spacial score (nSPS) is 19.8. The van der Waals surface area contributed by atoms with Crippen molar-refractivity contribution in [3.63, 3.8) is 0 Å². The Labute approximate surface area is 102 Å². The topological polar surface area (TPSA) is 21.3 Å². The highest BCUT2D eigenvalue weighted by Crippen LogP contribution is 2.26. The second kappa shape index (κ2) is 4.75. The molecule has 1 aliphatic rings. The summed E-state index contributed by atoms with van der Waals surface area (Å²) < 4.78 is 18.7. The number of rotatable bonds is 4. The standard InChI is InChI=1S/C14H20FNO/c1-10-4-5-12(6-13(10)15)11(2)16-7-14(3)8-17-9-14/h4-6,11,16H,7-9H2,1-3H3. The van der Waals surface area contributed by atoms with E-state index in [1.54, 1.807) is 13.0 Å². The van der Waals surface area contributed by atoms with E-state index in [1.165, 1.54) is 0 Å². The van der Waals surface area contributed by atoms with Gasteiger partial charge in [-0.25, -0.2) is 4.39 Å². The molecule has 1 fully saturated rings. The number of nitrogens with one attached hydrogen (secondary N) is 1. The van der Waals surface area contributed by atoms with Crippen molar-refractivity contribution < 1.29 is 9.13 Å². The van der Waals surface area contributed by atoms with Gasteiger partial charge in [-0.05, 0) is 31.0 Å². The molecule has 1 saturated heterocycles. The Morgan fingerprint density at radius 2 is 2.18 bits per heavy atom. The van der Waals surface area contributed by atoms with Crippen LogP contribution in [0.2, 0.25) is 0 Å². The van der Waals surface area contributed by atoms with E-state index in [0.29, 0.717) is 5.56 Å². The fraction of sp³-hybridized carbons (Fsp3) is 0.571. The lowest BCUT2D eigenvalue weighted by Crippen LogP contribution is -2.47. The quantitative estimate of drug-likeness (QED) is 0.869. The molecule has 3 heteroatoms. The molecule has 2 nitrogen and oxygen atoms in total. The third kappa shape index (κ3) is 2.85. The summed E-state index contributed by atoms with van der Waals surface area (Å²) in [4.78, 5) is 0. The number of ether oxygens (including phenoxy) is 1. The molecule has 0 bridgehead atoms. The molecule has 94 valence electrons. The third-order valence-corrected chi connectivity index (χ3v) is 3.43. The summed E-state index contributed by atoms with van der Waals surface area (Å²) in [6.45, 7) is 8.58. The predicted molar refractivity (Wildman–Crippen MR) is 66.5 cm³/mol. The first-order chi connectivity index (χ1) is 8.00. The first-order valence-corrected chi connectivity index (χ1v) is 6.07. The third-order valence-electron chi connectivity index (χ3n) is 3.43. The van der Waals surface area contributed by atoms with Crippen molar-refractivity contribution in [2.75, 3.05) is 19.8 Å². The fourth-order valence-corrected chi connectivity index (χ4v) is 1.95. The molecule has 0 amide bonds. The van der Waals surface area contributed by atoms with Gasteiger partial charge in [0.25, 0.3) is 0 Å². The lowest BCUT2D eigenvalue weighted by atomic mass is 9.88. The number of halogens is 1. The summed E-state index contributed by atoms with van der Waals surface area (Å²) in [5, 5.41) is 3.44. The minimum absolute atomic E-state index is 0.130. The van der Waals surface area contributed by atoms with Crippen molar-refractivity contribution in [1.82, 2.24) is 5.32 Å². The Hall–Kier alpha value is -0.930. The Morgan fingerprint density at radius 3 is 2.71 bits per heavy atom. The van der Waals surface area contributed by atoms with Gasteiger partial charge in [-0.1, -0.05) is 19.1 Å². The SMILES string of the molecule is Cc1ccc(C(C)NCC2(C)COC2)cc1F. The minimum atomic E-state index is -0.130. The summed E-state index contributed by atoms with van der Waals surface area (Å²) in [5.41, 5.74) is 1.94. The van der Waals surface area contributed by atoms with Crippen LogP contribution in [0.25, 0.3) is 0 Å². The molecule has 2 rings (SSSR count). The van der Waals surface area contributed by atoms with E-state index in [4.69, 9.17) is 4.74 Å². The summed E-state index contributed by atoms with van der Waals surface area (Å²) in [6, 6.07) is 5.60. The maximum atomic E-state index is 13.4. The number of hydrogen-bond donors (Lipinski definition) is 1. The Morgan fingerprint density at radius 1 is 1.47 bits per heavy atom.